The maximum Gasteiger partial charge on any atom is 0.243 e. The van der Waals surface area contributed by atoms with Gasteiger partial charge in [0.25, 0.3) is 0 Å². The molecule has 1 amide bonds. The molecule has 0 aliphatic rings. The van der Waals surface area contributed by atoms with Crippen LogP contribution in [0.1, 0.15) is 26.7 Å². The van der Waals surface area contributed by atoms with Gasteiger partial charge < -0.3 is 5.32 Å². The number of rotatable bonds is 8. The summed E-state index contributed by atoms with van der Waals surface area (Å²) in [6.07, 6.45) is 1.70. The molecule has 0 spiro atoms. The predicted octanol–water partition coefficient (Wildman–Crippen LogP) is 2.67. The lowest BCUT2D eigenvalue weighted by Gasteiger charge is -2.21. The van der Waals surface area contributed by atoms with Crippen LogP contribution in [0.25, 0.3) is 0 Å². The lowest BCUT2D eigenvalue weighted by atomic mass is 10.3. The maximum atomic E-state index is 12.5. The number of nitrogens with zero attached hydrogens (tertiary/aromatic N) is 1. The Bertz CT molecular complexity index is 558. The molecule has 0 saturated heterocycles. The molecule has 1 N–H and O–H groups in total. The van der Waals surface area contributed by atoms with Crippen molar-refractivity contribution in [3.05, 3.63) is 24.3 Å². The summed E-state index contributed by atoms with van der Waals surface area (Å²) in [7, 11) is -3.54. The zero-order valence-corrected chi connectivity index (χ0v) is 13.9. The van der Waals surface area contributed by atoms with Gasteiger partial charge in [0.2, 0.25) is 15.9 Å². The molecule has 0 aromatic heterocycles. The van der Waals surface area contributed by atoms with E-state index >= 15 is 0 Å². The Morgan fingerprint density at radius 1 is 1.24 bits per heavy atom. The Morgan fingerprint density at radius 2 is 1.86 bits per heavy atom. The van der Waals surface area contributed by atoms with E-state index in [1.54, 1.807) is 12.1 Å². The first-order chi connectivity index (χ1) is 9.91. The van der Waals surface area contributed by atoms with Gasteiger partial charge in [0.15, 0.2) is 0 Å². The topological polar surface area (TPSA) is 66.5 Å². The van der Waals surface area contributed by atoms with Crippen LogP contribution >= 0.6 is 11.6 Å². The number of amides is 1. The molecule has 1 aromatic rings. The Balaban J connectivity index is 2.95. The minimum Gasteiger partial charge on any atom is -0.326 e. The van der Waals surface area contributed by atoms with Gasteiger partial charge in [-0.3, -0.25) is 4.79 Å². The van der Waals surface area contributed by atoms with Crippen LogP contribution in [0.4, 0.5) is 5.69 Å². The summed E-state index contributed by atoms with van der Waals surface area (Å²) in [5.74, 6) is 0.0599. The van der Waals surface area contributed by atoms with Crippen molar-refractivity contribution >= 4 is 33.2 Å². The van der Waals surface area contributed by atoms with E-state index in [2.05, 4.69) is 5.32 Å². The summed E-state index contributed by atoms with van der Waals surface area (Å²) in [5.41, 5.74) is 0.568. The third kappa shape index (κ3) is 5.30. The van der Waals surface area contributed by atoms with Crippen molar-refractivity contribution < 1.29 is 13.2 Å². The minimum atomic E-state index is -3.54. The number of hydrogen-bond acceptors (Lipinski definition) is 3. The quantitative estimate of drug-likeness (QED) is 0.744. The molecule has 1 aromatic carbocycles. The highest BCUT2D eigenvalue weighted by Crippen LogP contribution is 2.19. The number of anilines is 1. The molecule has 21 heavy (non-hydrogen) atoms. The molecule has 0 unspecified atom stereocenters. The van der Waals surface area contributed by atoms with Crippen LogP contribution in [0, 0.1) is 0 Å². The fourth-order valence-corrected chi connectivity index (χ4v) is 3.63. The first kappa shape index (κ1) is 17.9. The molecule has 0 fully saturated rings. The summed E-state index contributed by atoms with van der Waals surface area (Å²) < 4.78 is 26.5. The summed E-state index contributed by atoms with van der Waals surface area (Å²) in [6, 6.07) is 6.14. The highest BCUT2D eigenvalue weighted by Gasteiger charge is 2.23. The number of alkyl halides is 1. The first-order valence-corrected chi connectivity index (χ1v) is 8.83. The molecule has 0 saturated carbocycles. The lowest BCUT2D eigenvalue weighted by molar-refractivity contribution is -0.114. The van der Waals surface area contributed by atoms with Gasteiger partial charge in [-0.15, -0.1) is 11.6 Å². The Kier molecular flexibility index (Phi) is 7.14. The van der Waals surface area contributed by atoms with Gasteiger partial charge >= 0.3 is 0 Å². The van der Waals surface area contributed by atoms with Crippen LogP contribution in [0.15, 0.2) is 29.2 Å². The van der Waals surface area contributed by atoms with Crippen molar-refractivity contribution in [2.24, 2.45) is 0 Å². The van der Waals surface area contributed by atoms with E-state index in [4.69, 9.17) is 11.6 Å². The van der Waals surface area contributed by atoms with Gasteiger partial charge in [0, 0.05) is 31.6 Å². The van der Waals surface area contributed by atoms with E-state index < -0.39 is 10.0 Å². The second-order valence-corrected chi connectivity index (χ2v) is 6.97. The minimum absolute atomic E-state index is 0.197. The van der Waals surface area contributed by atoms with E-state index in [-0.39, 0.29) is 23.2 Å². The molecule has 0 aliphatic heterocycles. The predicted molar refractivity (Wildman–Crippen MR) is 85.1 cm³/mol. The SMILES string of the molecule is CCCCN(CCCl)S(=O)(=O)c1ccc(NC(C)=O)cc1. The van der Waals surface area contributed by atoms with E-state index in [1.807, 2.05) is 6.92 Å². The molecule has 0 heterocycles. The van der Waals surface area contributed by atoms with Crippen molar-refractivity contribution in [1.29, 1.82) is 0 Å². The van der Waals surface area contributed by atoms with Crippen LogP contribution < -0.4 is 5.32 Å². The van der Waals surface area contributed by atoms with Crippen molar-refractivity contribution in [2.45, 2.75) is 31.6 Å². The van der Waals surface area contributed by atoms with E-state index in [9.17, 15) is 13.2 Å². The first-order valence-electron chi connectivity index (χ1n) is 6.85. The zero-order chi connectivity index (χ0) is 15.9. The number of nitrogens with one attached hydrogen (secondary N) is 1. The lowest BCUT2D eigenvalue weighted by Crippen LogP contribution is -2.33. The summed E-state index contributed by atoms with van der Waals surface area (Å²) in [4.78, 5) is 11.2. The fraction of sp³-hybridized carbons (Fsp3) is 0.500. The van der Waals surface area contributed by atoms with Crippen LogP contribution in [-0.2, 0) is 14.8 Å². The highest BCUT2D eigenvalue weighted by atomic mass is 35.5. The molecule has 1 rings (SSSR count). The van der Waals surface area contributed by atoms with Gasteiger partial charge in [0.05, 0.1) is 4.90 Å². The largest absolute Gasteiger partial charge is 0.326 e. The molecule has 0 radical (unpaired) electrons. The van der Waals surface area contributed by atoms with Crippen molar-refractivity contribution in [3.63, 3.8) is 0 Å². The average molecular weight is 333 g/mol. The van der Waals surface area contributed by atoms with Crippen LogP contribution in [-0.4, -0.2) is 37.6 Å². The van der Waals surface area contributed by atoms with Crippen molar-refractivity contribution in [1.82, 2.24) is 4.31 Å². The zero-order valence-electron chi connectivity index (χ0n) is 12.3. The van der Waals surface area contributed by atoms with E-state index in [1.165, 1.54) is 23.4 Å². The number of carbonyl (C=O) groups excluding carboxylic acids is 1. The Morgan fingerprint density at radius 3 is 2.33 bits per heavy atom. The van der Waals surface area contributed by atoms with E-state index in [0.717, 1.165) is 12.8 Å². The summed E-state index contributed by atoms with van der Waals surface area (Å²) in [6.45, 7) is 4.15. The fourth-order valence-electron chi connectivity index (χ4n) is 1.84. The van der Waals surface area contributed by atoms with Crippen LogP contribution in [0.5, 0.6) is 0 Å². The molecule has 0 bridgehead atoms. The number of halogens is 1. The number of sulfonamides is 1. The Hall–Kier alpha value is -1.11. The maximum absolute atomic E-state index is 12.5. The summed E-state index contributed by atoms with van der Waals surface area (Å²) >= 11 is 5.70. The van der Waals surface area contributed by atoms with Gasteiger partial charge in [-0.2, -0.15) is 4.31 Å². The summed E-state index contributed by atoms with van der Waals surface area (Å²) in [5, 5.41) is 2.60. The number of unbranched alkanes of at least 4 members (excludes halogenated alkanes) is 1. The second-order valence-electron chi connectivity index (χ2n) is 4.65. The molecule has 0 atom stereocenters. The standard InChI is InChI=1S/C14H21ClN2O3S/c1-3-4-10-17(11-9-15)21(19,20)14-7-5-13(6-8-14)16-12(2)18/h5-8H,3-4,9-11H2,1-2H3,(H,16,18). The highest BCUT2D eigenvalue weighted by molar-refractivity contribution is 7.89. The normalized spacial score (nSPS) is 11.6. The van der Waals surface area contributed by atoms with Crippen molar-refractivity contribution in [3.8, 4) is 0 Å². The van der Waals surface area contributed by atoms with Crippen LogP contribution in [0.2, 0.25) is 0 Å². The van der Waals surface area contributed by atoms with Crippen molar-refractivity contribution in [2.75, 3.05) is 24.3 Å². The van der Waals surface area contributed by atoms with Gasteiger partial charge in [-0.1, -0.05) is 13.3 Å². The molecular weight excluding hydrogens is 312 g/mol. The average Bonchev–Trinajstić information content (AvgIpc) is 2.43. The Labute approximate surface area is 131 Å². The third-order valence-corrected chi connectivity index (χ3v) is 4.99. The van der Waals surface area contributed by atoms with Gasteiger partial charge in [0.1, 0.15) is 0 Å². The molecule has 118 valence electrons. The third-order valence-electron chi connectivity index (χ3n) is 2.91. The molecular formula is C14H21ClN2O3S. The molecule has 0 aliphatic carbocycles. The smallest absolute Gasteiger partial charge is 0.243 e. The number of carbonyl (C=O) groups is 1. The molecule has 7 heteroatoms. The van der Waals surface area contributed by atoms with Gasteiger partial charge in [-0.25, -0.2) is 8.42 Å². The second kappa shape index (κ2) is 8.36. The number of hydrogen-bond donors (Lipinski definition) is 1. The monoisotopic (exact) mass is 332 g/mol. The number of benzene rings is 1. The van der Waals surface area contributed by atoms with E-state index in [0.29, 0.717) is 12.2 Å². The molecule has 5 nitrogen and oxygen atoms in total. The van der Waals surface area contributed by atoms with Crippen LogP contribution in [0.3, 0.4) is 0 Å². The van der Waals surface area contributed by atoms with Gasteiger partial charge in [-0.05, 0) is 30.7 Å².